The van der Waals surface area contributed by atoms with Gasteiger partial charge in [-0.25, -0.2) is 0 Å². The van der Waals surface area contributed by atoms with Gasteiger partial charge in [-0.1, -0.05) is 32.1 Å². The van der Waals surface area contributed by atoms with E-state index in [4.69, 9.17) is 20.9 Å². The molecule has 0 aliphatic rings. The normalized spacial score (nSPS) is 11.1. The summed E-state index contributed by atoms with van der Waals surface area (Å²) in [6, 6.07) is 0. The lowest BCUT2D eigenvalue weighted by molar-refractivity contribution is 0.125. The standard InChI is InChI=1S/C17H38N2O2/c18-12-6-10-16-20-14-8-4-2-1-3-5-9-15-21-17-11-7-13-19/h1-19H2. The highest BCUT2D eigenvalue weighted by Crippen LogP contribution is 2.07. The maximum absolute atomic E-state index is 5.56. The maximum Gasteiger partial charge on any atom is 0.0466 e. The second kappa shape index (κ2) is 19.8. The summed E-state index contributed by atoms with van der Waals surface area (Å²) in [7, 11) is 0. The fourth-order valence-corrected chi connectivity index (χ4v) is 2.19. The number of nitrogens with two attached hydrogens (primary N) is 2. The van der Waals surface area contributed by atoms with Crippen LogP contribution in [0.1, 0.15) is 70.6 Å². The molecule has 0 heterocycles. The molecule has 0 bridgehead atoms. The molecule has 0 rings (SSSR count). The average Bonchev–Trinajstić information content (AvgIpc) is 2.50. The Morgan fingerprint density at radius 2 is 0.667 bits per heavy atom. The van der Waals surface area contributed by atoms with Crippen LogP contribution >= 0.6 is 0 Å². The second-order valence-corrected chi connectivity index (χ2v) is 5.69. The van der Waals surface area contributed by atoms with Gasteiger partial charge in [-0.05, 0) is 51.6 Å². The molecule has 4 heteroatoms. The monoisotopic (exact) mass is 302 g/mol. The molecule has 0 atom stereocenters. The van der Waals surface area contributed by atoms with E-state index in [1.165, 1.54) is 44.9 Å². The second-order valence-electron chi connectivity index (χ2n) is 5.69. The first-order valence-corrected chi connectivity index (χ1v) is 8.97. The van der Waals surface area contributed by atoms with Crippen molar-refractivity contribution in [3.05, 3.63) is 0 Å². The molecule has 0 radical (unpaired) electrons. The highest BCUT2D eigenvalue weighted by Gasteiger charge is 1.94. The largest absolute Gasteiger partial charge is 0.381 e. The lowest BCUT2D eigenvalue weighted by Crippen LogP contribution is -2.02. The van der Waals surface area contributed by atoms with Crippen LogP contribution in [0.2, 0.25) is 0 Å². The van der Waals surface area contributed by atoms with Crippen molar-refractivity contribution in [1.29, 1.82) is 0 Å². The summed E-state index contributed by atoms with van der Waals surface area (Å²) in [6.45, 7) is 5.15. The van der Waals surface area contributed by atoms with Gasteiger partial charge in [-0.15, -0.1) is 0 Å². The number of rotatable bonds is 18. The van der Waals surface area contributed by atoms with E-state index in [1.807, 2.05) is 0 Å². The minimum absolute atomic E-state index is 0.780. The first-order chi connectivity index (χ1) is 10.4. The fraction of sp³-hybridized carbons (Fsp3) is 1.00. The zero-order chi connectivity index (χ0) is 15.4. The molecule has 0 aromatic rings. The summed E-state index contributed by atoms with van der Waals surface area (Å²) in [5, 5.41) is 0. The summed E-state index contributed by atoms with van der Waals surface area (Å²) in [4.78, 5) is 0. The third-order valence-electron chi connectivity index (χ3n) is 3.56. The number of ether oxygens (including phenoxy) is 2. The summed E-state index contributed by atoms with van der Waals surface area (Å²) in [5.74, 6) is 0. The van der Waals surface area contributed by atoms with Gasteiger partial charge in [-0.2, -0.15) is 0 Å². The predicted octanol–water partition coefficient (Wildman–Crippen LogP) is 3.23. The van der Waals surface area contributed by atoms with E-state index < -0.39 is 0 Å². The Morgan fingerprint density at radius 3 is 1.00 bits per heavy atom. The zero-order valence-corrected chi connectivity index (χ0v) is 14.0. The Morgan fingerprint density at radius 1 is 0.381 bits per heavy atom. The summed E-state index contributed by atoms with van der Waals surface area (Å²) in [6.07, 6.45) is 13.4. The fourth-order valence-electron chi connectivity index (χ4n) is 2.19. The van der Waals surface area contributed by atoms with Gasteiger partial charge in [0.05, 0.1) is 0 Å². The van der Waals surface area contributed by atoms with Gasteiger partial charge in [0.2, 0.25) is 0 Å². The van der Waals surface area contributed by atoms with Gasteiger partial charge in [0, 0.05) is 26.4 Å². The molecule has 0 unspecified atom stereocenters. The molecular weight excluding hydrogens is 264 g/mol. The molecule has 128 valence electrons. The van der Waals surface area contributed by atoms with E-state index in [2.05, 4.69) is 0 Å². The van der Waals surface area contributed by atoms with Crippen LogP contribution in [-0.2, 0) is 9.47 Å². The minimum Gasteiger partial charge on any atom is -0.381 e. The SMILES string of the molecule is NCCCCOCCCCCCCCCOCCCCN. The van der Waals surface area contributed by atoms with E-state index in [1.54, 1.807) is 0 Å². The van der Waals surface area contributed by atoms with Crippen molar-refractivity contribution in [3.8, 4) is 0 Å². The lowest BCUT2D eigenvalue weighted by Gasteiger charge is -2.05. The molecule has 0 saturated heterocycles. The minimum atomic E-state index is 0.780. The first kappa shape index (κ1) is 20.8. The van der Waals surface area contributed by atoms with Gasteiger partial charge < -0.3 is 20.9 Å². The Balaban J connectivity index is 2.90. The Kier molecular flexibility index (Phi) is 19.7. The highest BCUT2D eigenvalue weighted by molar-refractivity contribution is 4.47. The maximum atomic E-state index is 5.56. The van der Waals surface area contributed by atoms with Crippen molar-refractivity contribution in [2.45, 2.75) is 70.6 Å². The van der Waals surface area contributed by atoms with E-state index in [9.17, 15) is 0 Å². The van der Waals surface area contributed by atoms with Crippen molar-refractivity contribution in [3.63, 3.8) is 0 Å². The smallest absolute Gasteiger partial charge is 0.0466 e. The molecule has 4 nitrogen and oxygen atoms in total. The third kappa shape index (κ3) is 19.8. The van der Waals surface area contributed by atoms with Crippen molar-refractivity contribution in [2.24, 2.45) is 11.5 Å². The molecule has 0 fully saturated rings. The number of unbranched alkanes of at least 4 members (excludes halogenated alkanes) is 8. The van der Waals surface area contributed by atoms with Gasteiger partial charge >= 0.3 is 0 Å². The highest BCUT2D eigenvalue weighted by atomic mass is 16.5. The van der Waals surface area contributed by atoms with Crippen LogP contribution in [0.25, 0.3) is 0 Å². The van der Waals surface area contributed by atoms with Gasteiger partial charge in [0.25, 0.3) is 0 Å². The van der Waals surface area contributed by atoms with E-state index in [-0.39, 0.29) is 0 Å². The number of hydrogen-bond donors (Lipinski definition) is 2. The van der Waals surface area contributed by atoms with E-state index in [0.717, 1.165) is 65.2 Å². The molecule has 0 aliphatic heterocycles. The zero-order valence-electron chi connectivity index (χ0n) is 14.0. The van der Waals surface area contributed by atoms with Crippen molar-refractivity contribution < 1.29 is 9.47 Å². The van der Waals surface area contributed by atoms with Gasteiger partial charge in [-0.3, -0.25) is 0 Å². The van der Waals surface area contributed by atoms with Crippen molar-refractivity contribution in [1.82, 2.24) is 0 Å². The molecule has 0 saturated carbocycles. The van der Waals surface area contributed by atoms with Crippen LogP contribution in [0, 0.1) is 0 Å². The van der Waals surface area contributed by atoms with Crippen LogP contribution in [0.4, 0.5) is 0 Å². The first-order valence-electron chi connectivity index (χ1n) is 8.97. The van der Waals surface area contributed by atoms with Gasteiger partial charge in [0.15, 0.2) is 0 Å². The Bertz CT molecular complexity index is 162. The topological polar surface area (TPSA) is 70.5 Å². The Hall–Kier alpha value is -0.160. The molecule has 0 aromatic heterocycles. The Labute approximate surface area is 131 Å². The molecule has 21 heavy (non-hydrogen) atoms. The average molecular weight is 303 g/mol. The van der Waals surface area contributed by atoms with Crippen LogP contribution in [0.5, 0.6) is 0 Å². The van der Waals surface area contributed by atoms with E-state index in [0.29, 0.717) is 0 Å². The van der Waals surface area contributed by atoms with Gasteiger partial charge in [0.1, 0.15) is 0 Å². The predicted molar refractivity (Wildman–Crippen MR) is 90.5 cm³/mol. The third-order valence-corrected chi connectivity index (χ3v) is 3.56. The van der Waals surface area contributed by atoms with Crippen molar-refractivity contribution >= 4 is 0 Å². The molecular formula is C17H38N2O2. The van der Waals surface area contributed by atoms with E-state index >= 15 is 0 Å². The quantitative estimate of drug-likeness (QED) is 0.381. The van der Waals surface area contributed by atoms with Crippen LogP contribution in [0.3, 0.4) is 0 Å². The summed E-state index contributed by atoms with van der Waals surface area (Å²) in [5.41, 5.74) is 10.9. The van der Waals surface area contributed by atoms with Crippen LogP contribution < -0.4 is 11.5 Å². The van der Waals surface area contributed by atoms with Crippen LogP contribution in [0.15, 0.2) is 0 Å². The van der Waals surface area contributed by atoms with Crippen LogP contribution in [-0.4, -0.2) is 39.5 Å². The lowest BCUT2D eigenvalue weighted by atomic mass is 10.1. The molecule has 0 aromatic carbocycles. The summed E-state index contributed by atoms with van der Waals surface area (Å²) < 4.78 is 11.1. The summed E-state index contributed by atoms with van der Waals surface area (Å²) >= 11 is 0. The molecule has 4 N–H and O–H groups in total. The molecule has 0 aliphatic carbocycles. The van der Waals surface area contributed by atoms with Crippen molar-refractivity contribution in [2.75, 3.05) is 39.5 Å². The number of hydrogen-bond acceptors (Lipinski definition) is 4. The molecule has 0 spiro atoms. The molecule has 0 amide bonds.